The fraction of sp³-hybridized carbons (Fsp3) is 0.263. The number of hydrogen-bond acceptors (Lipinski definition) is 7. The highest BCUT2D eigenvalue weighted by Crippen LogP contribution is 2.48. The molecule has 1 heterocycles. The molecular formula is C57H60N2O6Si. The van der Waals surface area contributed by atoms with E-state index in [0.29, 0.717) is 17.7 Å². The van der Waals surface area contributed by atoms with Crippen LogP contribution in [0, 0.1) is 31.6 Å². The van der Waals surface area contributed by atoms with E-state index in [4.69, 9.17) is 4.43 Å². The lowest BCUT2D eigenvalue weighted by Crippen LogP contribution is -2.66. The number of imide groups is 1. The molecule has 4 N–H and O–H groups in total. The third-order valence-electron chi connectivity index (χ3n) is 13.5. The molecule has 8 nitrogen and oxygen atoms in total. The van der Waals surface area contributed by atoms with Crippen molar-refractivity contribution in [2.75, 3.05) is 23.4 Å². The lowest BCUT2D eigenvalue weighted by atomic mass is 9.68. The number of amides is 2. The summed E-state index contributed by atoms with van der Waals surface area (Å²) in [6, 6.07) is 51.7. The van der Waals surface area contributed by atoms with Crippen molar-refractivity contribution in [2.24, 2.45) is 17.8 Å². The molecule has 0 saturated carbocycles. The van der Waals surface area contributed by atoms with Gasteiger partial charge in [-0.1, -0.05) is 136 Å². The zero-order valence-corrected chi connectivity index (χ0v) is 39.4. The molecule has 6 aromatic rings. The highest BCUT2D eigenvalue weighted by atomic mass is 28.4. The number of aryl methyl sites for hydroxylation is 2. The Hall–Kier alpha value is -6.36. The molecule has 66 heavy (non-hydrogen) atoms. The van der Waals surface area contributed by atoms with E-state index < -0.39 is 38.8 Å². The molecule has 2 amide bonds. The summed E-state index contributed by atoms with van der Waals surface area (Å²) in [5.41, 5.74) is 7.97. The summed E-state index contributed by atoms with van der Waals surface area (Å²) in [6.07, 6.45) is 1.97. The molecule has 9 heteroatoms. The average molecular weight is 897 g/mol. The fourth-order valence-electron chi connectivity index (χ4n) is 10.4. The molecule has 338 valence electrons. The number of carbonyl (C=O) groups excluding carboxylic acids is 2. The number of rotatable bonds is 15. The van der Waals surface area contributed by atoms with E-state index in [1.807, 2.05) is 135 Å². The molecule has 4 atom stereocenters. The maximum atomic E-state index is 14.7. The smallest absolute Gasteiger partial charge is 0.261 e. The number of phenolic OH excluding ortho intramolecular Hbond substituents is 1. The lowest BCUT2D eigenvalue weighted by molar-refractivity contribution is -0.123. The van der Waals surface area contributed by atoms with Gasteiger partial charge >= 0.3 is 0 Å². The van der Waals surface area contributed by atoms with E-state index >= 15 is 0 Å². The number of aliphatic hydroxyl groups is 2. The summed E-state index contributed by atoms with van der Waals surface area (Å²) >= 11 is 0. The van der Waals surface area contributed by atoms with Crippen LogP contribution < -0.4 is 20.6 Å². The summed E-state index contributed by atoms with van der Waals surface area (Å²) in [6.45, 7) is 10.1. The molecule has 1 saturated heterocycles. The zero-order valence-electron chi connectivity index (χ0n) is 38.4. The Kier molecular flexibility index (Phi) is 13.7. The molecule has 0 radical (unpaired) electrons. The first-order valence-corrected chi connectivity index (χ1v) is 24.8. The Morgan fingerprint density at radius 1 is 0.773 bits per heavy atom. The highest BCUT2D eigenvalue weighted by molar-refractivity contribution is 6.99. The second kappa shape index (κ2) is 19.6. The van der Waals surface area contributed by atoms with Crippen molar-refractivity contribution in [1.82, 2.24) is 0 Å². The van der Waals surface area contributed by atoms with Crippen molar-refractivity contribution < 1.29 is 29.3 Å². The van der Waals surface area contributed by atoms with E-state index in [9.17, 15) is 24.9 Å². The van der Waals surface area contributed by atoms with Crippen LogP contribution in [-0.2, 0) is 14.0 Å². The van der Waals surface area contributed by atoms with Crippen LogP contribution in [0.25, 0.3) is 11.6 Å². The number of aliphatic hydroxyl groups excluding tert-OH is 2. The first kappa shape index (κ1) is 46.2. The Bertz CT molecular complexity index is 2650. The monoisotopic (exact) mass is 896 g/mol. The maximum absolute atomic E-state index is 14.7. The molecule has 0 bridgehead atoms. The number of anilines is 3. The summed E-state index contributed by atoms with van der Waals surface area (Å²) in [5, 5.41) is 39.9. The van der Waals surface area contributed by atoms with Gasteiger partial charge < -0.3 is 25.1 Å². The number of allylic oxidation sites excluding steroid dienone is 1. The average Bonchev–Trinajstić information content (AvgIpc) is 3.58. The largest absolute Gasteiger partial charge is 0.507 e. The first-order valence-electron chi connectivity index (χ1n) is 22.9. The Morgan fingerprint density at radius 2 is 1.30 bits per heavy atom. The number of nitrogens with zero attached hydrogens (tertiary/aromatic N) is 1. The molecule has 0 aromatic heterocycles. The normalized spacial score (nSPS) is 18.4. The van der Waals surface area contributed by atoms with Crippen LogP contribution in [0.1, 0.15) is 62.3 Å². The van der Waals surface area contributed by atoms with E-state index in [-0.39, 0.29) is 42.1 Å². The molecule has 1 aliphatic heterocycles. The van der Waals surface area contributed by atoms with Gasteiger partial charge in [0.2, 0.25) is 11.8 Å². The first-order chi connectivity index (χ1) is 31.8. The van der Waals surface area contributed by atoms with Crippen LogP contribution in [0.15, 0.2) is 169 Å². The van der Waals surface area contributed by atoms with Gasteiger partial charge in [0.1, 0.15) is 5.75 Å². The van der Waals surface area contributed by atoms with Gasteiger partial charge in [0, 0.05) is 17.3 Å². The van der Waals surface area contributed by atoms with E-state index in [1.54, 1.807) is 12.1 Å². The number of nitrogens with one attached hydrogen (secondary N) is 1. The van der Waals surface area contributed by atoms with Crippen molar-refractivity contribution in [2.45, 2.75) is 65.0 Å². The summed E-state index contributed by atoms with van der Waals surface area (Å²) in [4.78, 5) is 30.7. The summed E-state index contributed by atoms with van der Waals surface area (Å²) < 4.78 is 7.51. The molecule has 0 spiro atoms. The number of aromatic hydroxyl groups is 1. The van der Waals surface area contributed by atoms with Crippen molar-refractivity contribution in [3.8, 4) is 5.75 Å². The second-order valence-corrected chi connectivity index (χ2v) is 23.1. The lowest BCUT2D eigenvalue weighted by Gasteiger charge is -2.44. The number of hydrogen-bond donors (Lipinski definition) is 4. The van der Waals surface area contributed by atoms with Crippen LogP contribution in [0.3, 0.4) is 0 Å². The highest BCUT2D eigenvalue weighted by Gasteiger charge is 2.56. The number of benzene rings is 6. The van der Waals surface area contributed by atoms with Crippen LogP contribution in [0.2, 0.25) is 5.04 Å². The molecule has 1 aliphatic carbocycles. The predicted octanol–water partition coefficient (Wildman–Crippen LogP) is 10.1. The minimum absolute atomic E-state index is 0.105. The summed E-state index contributed by atoms with van der Waals surface area (Å²) in [7, 11) is -3.10. The van der Waals surface area contributed by atoms with Gasteiger partial charge in [-0.2, -0.15) is 0 Å². The van der Waals surface area contributed by atoms with Crippen LogP contribution in [-0.4, -0.2) is 54.8 Å². The van der Waals surface area contributed by atoms with Gasteiger partial charge in [-0.05, 0) is 136 Å². The topological polar surface area (TPSA) is 119 Å². The number of para-hydroxylation sites is 1. The number of carbonyl (C=O) groups is 2. The van der Waals surface area contributed by atoms with Gasteiger partial charge in [0.25, 0.3) is 8.32 Å². The predicted molar refractivity (Wildman–Crippen MR) is 269 cm³/mol. The van der Waals surface area contributed by atoms with Gasteiger partial charge in [-0.3, -0.25) is 14.5 Å². The molecule has 2 aliphatic rings. The molecule has 6 aromatic carbocycles. The molecule has 1 fully saturated rings. The Morgan fingerprint density at radius 3 is 1.85 bits per heavy atom. The van der Waals surface area contributed by atoms with Crippen LogP contribution >= 0.6 is 0 Å². The Balaban J connectivity index is 1.18. The minimum Gasteiger partial charge on any atom is -0.507 e. The van der Waals surface area contributed by atoms with Crippen molar-refractivity contribution in [3.05, 3.63) is 191 Å². The van der Waals surface area contributed by atoms with Crippen LogP contribution in [0.4, 0.5) is 17.1 Å². The van der Waals surface area contributed by atoms with E-state index in [2.05, 4.69) is 56.4 Å². The number of fused-ring (bicyclic) bond motifs is 1. The molecule has 0 unspecified atom stereocenters. The van der Waals surface area contributed by atoms with Gasteiger partial charge in [0.15, 0.2) is 0 Å². The summed E-state index contributed by atoms with van der Waals surface area (Å²) in [5.74, 6) is -2.90. The molecule has 8 rings (SSSR count). The molecular weight excluding hydrogens is 837 g/mol. The quantitative estimate of drug-likeness (QED) is 0.0351. The zero-order chi connectivity index (χ0) is 46.6. The second-order valence-electron chi connectivity index (χ2n) is 18.8. The SMILES string of the molecule is Cc1cc(/C=C(/CC[C@@H](O)C2=C(CO[Si](c3ccccc3)(c3ccccc3)C(C)(C)C)C[C@H]3C(=O)N(c4ccc(Nc5ccccc5)cc4)C(=O)[C@H]3[C@H]2CO)c2ccccc2)cc(C)c1O. The van der Waals surface area contributed by atoms with Gasteiger partial charge in [-0.15, -0.1) is 0 Å². The van der Waals surface area contributed by atoms with Crippen LogP contribution in [0.5, 0.6) is 5.75 Å². The van der Waals surface area contributed by atoms with Gasteiger partial charge in [0.05, 0.1) is 36.8 Å². The van der Waals surface area contributed by atoms with E-state index in [1.165, 1.54) is 4.90 Å². The maximum Gasteiger partial charge on any atom is 0.261 e. The van der Waals surface area contributed by atoms with Crippen molar-refractivity contribution in [1.29, 1.82) is 0 Å². The van der Waals surface area contributed by atoms with Crippen molar-refractivity contribution in [3.63, 3.8) is 0 Å². The van der Waals surface area contributed by atoms with E-state index in [0.717, 1.165) is 55.1 Å². The minimum atomic E-state index is -3.10. The number of phenols is 1. The standard InChI is InChI=1S/C57H60N2O6Si/c1-38-32-40(33-39(2)54(38)62)34-42(41-18-10-6-11-19-41)26-31-51(61)52-43(37-65-66(57(3,4)5,47-22-14-8-15-23-47)48-24-16-9-17-25-48)35-49-53(50(52)36-60)56(64)59(55(49)63)46-29-27-45(28-30-46)58-44-20-12-7-13-21-44/h6-25,27-30,32-34,49-51,53,58,60-62H,26,31,35-37H2,1-5H3/b42-34-/t49-,50+,51-,53-/m1/s1. The fourth-order valence-corrected chi connectivity index (χ4v) is 14.9. The third-order valence-corrected chi connectivity index (χ3v) is 18.5. The third kappa shape index (κ3) is 9.22. The Labute approximate surface area is 390 Å². The van der Waals surface area contributed by atoms with Gasteiger partial charge in [-0.25, -0.2) is 0 Å². The van der Waals surface area contributed by atoms with Crippen molar-refractivity contribution >= 4 is 59.2 Å².